The lowest BCUT2D eigenvalue weighted by molar-refractivity contribution is -0.133. The van der Waals surface area contributed by atoms with Crippen molar-refractivity contribution < 1.29 is 4.79 Å². The van der Waals surface area contributed by atoms with Crippen LogP contribution in [-0.2, 0) is 11.2 Å². The molecule has 5 heteroatoms. The van der Waals surface area contributed by atoms with E-state index in [9.17, 15) is 9.59 Å². The molecule has 1 N–H and O–H groups in total. The fourth-order valence-corrected chi connectivity index (χ4v) is 3.92. The van der Waals surface area contributed by atoms with E-state index in [1.807, 2.05) is 11.8 Å². The highest BCUT2D eigenvalue weighted by molar-refractivity contribution is 5.76. The Kier molecular flexibility index (Phi) is 5.83. The summed E-state index contributed by atoms with van der Waals surface area (Å²) in [5.74, 6) is 1.47. The molecule has 0 aliphatic carbocycles. The lowest BCUT2D eigenvalue weighted by atomic mass is 9.74. The topological polar surface area (TPSA) is 66.1 Å². The number of nitrogens with one attached hydrogen (secondary N) is 1. The predicted octanol–water partition coefficient (Wildman–Crippen LogP) is 2.99. The summed E-state index contributed by atoms with van der Waals surface area (Å²) in [6.45, 7) is 12.1. The zero-order valence-corrected chi connectivity index (χ0v) is 15.7. The molecule has 1 aliphatic heterocycles. The van der Waals surface area contributed by atoms with Crippen molar-refractivity contribution in [3.05, 3.63) is 27.4 Å². The Labute approximate surface area is 144 Å². The number of aryl methyl sites for hydroxylation is 2. The number of amides is 1. The quantitative estimate of drug-likeness (QED) is 0.901. The second-order valence-electron chi connectivity index (χ2n) is 8.00. The van der Waals surface area contributed by atoms with Crippen LogP contribution in [0.5, 0.6) is 0 Å². The fraction of sp³-hybridized carbons (Fsp3) is 0.737. The van der Waals surface area contributed by atoms with Gasteiger partial charge in [0.1, 0.15) is 5.82 Å². The van der Waals surface area contributed by atoms with Crippen LogP contribution in [-0.4, -0.2) is 33.9 Å². The van der Waals surface area contributed by atoms with E-state index in [1.54, 1.807) is 6.92 Å². The van der Waals surface area contributed by atoms with Crippen molar-refractivity contribution in [2.24, 2.45) is 11.3 Å². The predicted molar refractivity (Wildman–Crippen MR) is 96.0 cm³/mol. The third kappa shape index (κ3) is 4.68. The molecule has 134 valence electrons. The summed E-state index contributed by atoms with van der Waals surface area (Å²) in [4.78, 5) is 33.5. The minimum Gasteiger partial charge on any atom is -0.343 e. The molecule has 1 fully saturated rings. The van der Waals surface area contributed by atoms with E-state index in [2.05, 4.69) is 30.7 Å². The van der Waals surface area contributed by atoms with Crippen LogP contribution >= 0.6 is 0 Å². The van der Waals surface area contributed by atoms with Crippen molar-refractivity contribution in [3.63, 3.8) is 0 Å². The van der Waals surface area contributed by atoms with Crippen LogP contribution in [0.25, 0.3) is 0 Å². The summed E-state index contributed by atoms with van der Waals surface area (Å²) in [7, 11) is 0. The monoisotopic (exact) mass is 333 g/mol. The summed E-state index contributed by atoms with van der Waals surface area (Å²) in [5, 5.41) is 0. The van der Waals surface area contributed by atoms with Crippen LogP contribution in [0.1, 0.15) is 63.5 Å². The molecule has 0 unspecified atom stereocenters. The first kappa shape index (κ1) is 18.7. The van der Waals surface area contributed by atoms with Gasteiger partial charge >= 0.3 is 0 Å². The van der Waals surface area contributed by atoms with Gasteiger partial charge in [0.2, 0.25) is 5.91 Å². The molecular formula is C19H31N3O2. The van der Waals surface area contributed by atoms with Crippen LogP contribution in [0.3, 0.4) is 0 Å². The molecule has 2 heterocycles. The fourth-order valence-electron chi connectivity index (χ4n) is 3.92. The molecule has 0 atom stereocenters. The zero-order chi connectivity index (χ0) is 17.9. The van der Waals surface area contributed by atoms with Crippen molar-refractivity contribution in [2.75, 3.05) is 13.1 Å². The summed E-state index contributed by atoms with van der Waals surface area (Å²) in [5.41, 5.74) is 1.61. The van der Waals surface area contributed by atoms with Gasteiger partial charge in [0.15, 0.2) is 0 Å². The van der Waals surface area contributed by atoms with Gasteiger partial charge < -0.3 is 9.88 Å². The number of aromatic amines is 1. The Hall–Kier alpha value is -1.65. The van der Waals surface area contributed by atoms with Crippen molar-refractivity contribution in [3.8, 4) is 0 Å². The molecule has 1 aromatic heterocycles. The molecule has 1 aromatic rings. The molecule has 1 aliphatic rings. The smallest absolute Gasteiger partial charge is 0.254 e. The number of nitrogens with zero attached hydrogens (tertiary/aromatic N) is 2. The first-order valence-electron chi connectivity index (χ1n) is 9.04. The second kappa shape index (κ2) is 7.49. The summed E-state index contributed by atoms with van der Waals surface area (Å²) in [6, 6.07) is 0. The van der Waals surface area contributed by atoms with Gasteiger partial charge in [0.05, 0.1) is 0 Å². The molecule has 0 spiro atoms. The zero-order valence-electron chi connectivity index (χ0n) is 15.7. The molecule has 0 saturated carbocycles. The average Bonchev–Trinajstić information content (AvgIpc) is 2.45. The highest BCUT2D eigenvalue weighted by Gasteiger charge is 2.32. The number of rotatable bonds is 5. The number of piperidine rings is 1. The third-order valence-electron chi connectivity index (χ3n) is 5.15. The molecule has 24 heavy (non-hydrogen) atoms. The summed E-state index contributed by atoms with van der Waals surface area (Å²) >= 11 is 0. The standard InChI is InChI=1S/C19H31N3O2/c1-13(2)12-19(5)8-10-22(11-9-19)17(23)7-6-16-14(3)20-15(4)21-18(16)24/h13H,6-12H2,1-5H3,(H,20,21,24). The number of carbonyl (C=O) groups excluding carboxylic acids is 1. The Morgan fingerprint density at radius 2 is 1.92 bits per heavy atom. The highest BCUT2D eigenvalue weighted by atomic mass is 16.2. The van der Waals surface area contributed by atoms with Crippen molar-refractivity contribution in [1.82, 2.24) is 14.9 Å². The van der Waals surface area contributed by atoms with Gasteiger partial charge in [-0.1, -0.05) is 20.8 Å². The largest absolute Gasteiger partial charge is 0.343 e. The van der Waals surface area contributed by atoms with Gasteiger partial charge in [-0.2, -0.15) is 0 Å². The molecule has 0 aromatic carbocycles. The summed E-state index contributed by atoms with van der Waals surface area (Å²) in [6.07, 6.45) is 4.21. The molecule has 1 amide bonds. The van der Waals surface area contributed by atoms with E-state index in [0.29, 0.717) is 35.6 Å². The first-order valence-corrected chi connectivity index (χ1v) is 9.04. The highest BCUT2D eigenvalue weighted by Crippen LogP contribution is 2.37. The van der Waals surface area contributed by atoms with Gasteiger partial charge in [-0.05, 0) is 50.9 Å². The molecule has 5 nitrogen and oxygen atoms in total. The third-order valence-corrected chi connectivity index (χ3v) is 5.15. The van der Waals surface area contributed by atoms with E-state index >= 15 is 0 Å². The first-order chi connectivity index (χ1) is 11.2. The number of hydrogen-bond donors (Lipinski definition) is 1. The molecular weight excluding hydrogens is 302 g/mol. The molecule has 0 radical (unpaired) electrons. The van der Waals surface area contributed by atoms with E-state index in [1.165, 1.54) is 6.42 Å². The number of aromatic nitrogens is 2. The number of H-pyrrole nitrogens is 1. The van der Waals surface area contributed by atoms with Crippen LogP contribution in [0.4, 0.5) is 0 Å². The van der Waals surface area contributed by atoms with Crippen molar-refractivity contribution in [2.45, 2.75) is 66.7 Å². The maximum absolute atomic E-state index is 12.5. The second-order valence-corrected chi connectivity index (χ2v) is 8.00. The Bertz CT molecular complexity index is 641. The van der Waals surface area contributed by atoms with E-state index in [-0.39, 0.29) is 11.5 Å². The van der Waals surface area contributed by atoms with E-state index in [4.69, 9.17) is 0 Å². The minimum absolute atomic E-state index is 0.115. The van der Waals surface area contributed by atoms with Crippen molar-refractivity contribution in [1.29, 1.82) is 0 Å². The van der Waals surface area contributed by atoms with Crippen LogP contribution in [0, 0.1) is 25.2 Å². The van der Waals surface area contributed by atoms with E-state index < -0.39 is 0 Å². The number of carbonyl (C=O) groups is 1. The maximum Gasteiger partial charge on any atom is 0.254 e. The van der Waals surface area contributed by atoms with Gasteiger partial charge in [-0.3, -0.25) is 9.59 Å². The maximum atomic E-state index is 12.5. The lowest BCUT2D eigenvalue weighted by Crippen LogP contribution is -2.42. The normalized spacial score (nSPS) is 17.3. The van der Waals surface area contributed by atoms with Gasteiger partial charge in [0.25, 0.3) is 5.56 Å². The SMILES string of the molecule is Cc1nc(C)c(CCC(=O)N2CCC(C)(CC(C)C)CC2)c(=O)[nH]1. The van der Waals surface area contributed by atoms with Gasteiger partial charge in [-0.15, -0.1) is 0 Å². The Balaban J connectivity index is 1.90. The molecule has 2 rings (SSSR count). The van der Waals surface area contributed by atoms with Crippen molar-refractivity contribution >= 4 is 5.91 Å². The van der Waals surface area contributed by atoms with Crippen LogP contribution < -0.4 is 5.56 Å². The summed E-state index contributed by atoms with van der Waals surface area (Å²) < 4.78 is 0. The molecule has 0 bridgehead atoms. The van der Waals surface area contributed by atoms with Crippen LogP contribution in [0.15, 0.2) is 4.79 Å². The lowest BCUT2D eigenvalue weighted by Gasteiger charge is -2.40. The Morgan fingerprint density at radius 1 is 1.29 bits per heavy atom. The minimum atomic E-state index is -0.115. The number of hydrogen-bond acceptors (Lipinski definition) is 3. The number of likely N-dealkylation sites (tertiary alicyclic amines) is 1. The van der Waals surface area contributed by atoms with Gasteiger partial charge in [0, 0.05) is 30.8 Å². The Morgan fingerprint density at radius 3 is 2.46 bits per heavy atom. The van der Waals surface area contributed by atoms with Crippen LogP contribution in [0.2, 0.25) is 0 Å². The molecule has 1 saturated heterocycles. The average molecular weight is 333 g/mol. The van der Waals surface area contributed by atoms with Gasteiger partial charge in [-0.25, -0.2) is 4.98 Å². The van der Waals surface area contributed by atoms with E-state index in [0.717, 1.165) is 31.6 Å².